The molecule has 0 aliphatic heterocycles. The molecule has 146 valence electrons. The second-order valence-corrected chi connectivity index (χ2v) is 2.95. The average molecular weight is 634 g/mol. The van der Waals surface area contributed by atoms with Gasteiger partial charge in [-0.1, -0.05) is 0 Å². The molecular weight excluding hydrogens is 616 g/mol. The monoisotopic (exact) mass is 634 g/mol. The Morgan fingerprint density at radius 2 is 0.346 bits per heavy atom. The van der Waals surface area contributed by atoms with Crippen LogP contribution in [0.3, 0.4) is 0 Å². The van der Waals surface area contributed by atoms with Crippen molar-refractivity contribution in [2.45, 2.75) is 41.5 Å². The Hall–Kier alpha value is -0.427. The van der Waals surface area contributed by atoms with Crippen molar-refractivity contribution in [1.29, 1.82) is 0 Å². The zero-order valence-corrected chi connectivity index (χ0v) is 21.2. The smallest absolute Gasteiger partial charge is 0.550 e. The second kappa shape index (κ2) is 44.2. The fraction of sp³-hybridized carbons (Fsp3) is 0.500. The summed E-state index contributed by atoms with van der Waals surface area (Å²) in [6.45, 7) is 5.83. The molecule has 0 spiro atoms. The zero-order chi connectivity index (χ0) is 21.5. The fourth-order valence-corrected chi connectivity index (χ4v) is 0. The van der Waals surface area contributed by atoms with Crippen molar-refractivity contribution in [3.8, 4) is 0 Å². The summed E-state index contributed by atoms with van der Waals surface area (Å²) < 4.78 is 0. The maximum absolute atomic E-state index is 8.89. The molecule has 0 amide bonds. The van der Waals surface area contributed by atoms with E-state index in [9.17, 15) is 0 Å². The Labute approximate surface area is 217 Å². The molecule has 0 aliphatic carbocycles. The van der Waals surface area contributed by atoms with E-state index in [1.54, 1.807) is 0 Å². The average Bonchev–Trinajstić information content (AvgIpc) is 2.08. The zero-order valence-electron chi connectivity index (χ0n) is 14.9. The van der Waals surface area contributed by atoms with Crippen molar-refractivity contribution in [2.24, 2.45) is 0 Å². The van der Waals surface area contributed by atoms with Crippen LogP contribution >= 0.6 is 0 Å². The van der Waals surface area contributed by atoms with Gasteiger partial charge >= 0.3 is 83.5 Å². The molecule has 0 saturated heterocycles. The molecule has 0 N–H and O–H groups in total. The first-order valence-corrected chi connectivity index (χ1v) is 5.45. The normalized spacial score (nSPS) is 5.77. The van der Waals surface area contributed by atoms with Gasteiger partial charge in [-0.2, -0.15) is 0 Å². The van der Waals surface area contributed by atoms with Crippen LogP contribution in [0.5, 0.6) is 0 Å². The van der Waals surface area contributed by atoms with E-state index < -0.39 is 35.8 Å². The molecule has 0 rings (SSSR count). The molecule has 0 atom stereocenters. The van der Waals surface area contributed by atoms with E-state index in [1.165, 1.54) is 0 Å². The van der Waals surface area contributed by atoms with Crippen LogP contribution in [0.1, 0.15) is 41.5 Å². The number of rotatable bonds is 0. The van der Waals surface area contributed by atoms with Crippen molar-refractivity contribution in [2.75, 3.05) is 0 Å². The van der Waals surface area contributed by atoms with Crippen molar-refractivity contribution in [3.63, 3.8) is 0 Å². The summed E-state index contributed by atoms with van der Waals surface area (Å²) in [5, 5.41) is 53.3. The van der Waals surface area contributed by atoms with E-state index in [4.69, 9.17) is 59.4 Å². The van der Waals surface area contributed by atoms with Crippen molar-refractivity contribution >= 4 is 35.8 Å². The Morgan fingerprint density at radius 3 is 0.346 bits per heavy atom. The molecule has 0 aromatic heterocycles. The Balaban J connectivity index is -0.0000000245. The minimum Gasteiger partial charge on any atom is -0.550 e. The van der Waals surface area contributed by atoms with Gasteiger partial charge in [0.1, 0.15) is 0 Å². The molecule has 26 heavy (non-hydrogen) atoms. The summed E-state index contributed by atoms with van der Waals surface area (Å²) >= 11 is 0. The fourth-order valence-electron chi connectivity index (χ4n) is 0. The third-order valence-electron chi connectivity index (χ3n) is 0. The van der Waals surface area contributed by atoms with E-state index >= 15 is 0 Å². The standard InChI is InChI=1S/6C2H4O2.2Ce/c6*1-2(3)4;;/h6*1H3,(H,3,4);;/q;;;;;;2*+3/p-6. The summed E-state index contributed by atoms with van der Waals surface area (Å²) in [6.07, 6.45) is 0. The quantitative estimate of drug-likeness (QED) is 0.241. The van der Waals surface area contributed by atoms with Crippen LogP contribution in [-0.4, -0.2) is 35.8 Å². The van der Waals surface area contributed by atoms with Crippen LogP contribution in [0.25, 0.3) is 0 Å². The number of aliphatic carboxylic acids is 6. The van der Waals surface area contributed by atoms with Gasteiger partial charge in [-0.05, 0) is 41.5 Å². The van der Waals surface area contributed by atoms with Crippen LogP contribution < -0.4 is 30.6 Å². The van der Waals surface area contributed by atoms with Crippen LogP contribution in [0, 0.1) is 83.5 Å². The molecule has 0 aromatic carbocycles. The van der Waals surface area contributed by atoms with E-state index in [2.05, 4.69) is 0 Å². The molecule has 0 fully saturated rings. The van der Waals surface area contributed by atoms with Gasteiger partial charge < -0.3 is 59.4 Å². The van der Waals surface area contributed by atoms with Gasteiger partial charge in [-0.3, -0.25) is 0 Å². The summed E-state index contributed by atoms with van der Waals surface area (Å²) in [6, 6.07) is 0. The first-order valence-electron chi connectivity index (χ1n) is 5.45. The van der Waals surface area contributed by atoms with Crippen LogP contribution in [0.4, 0.5) is 0 Å². The van der Waals surface area contributed by atoms with Gasteiger partial charge in [0.25, 0.3) is 0 Å². The molecule has 0 saturated carbocycles. The molecule has 2 radical (unpaired) electrons. The summed E-state index contributed by atoms with van der Waals surface area (Å²) in [5.74, 6) is -6.50. The van der Waals surface area contributed by atoms with Crippen molar-refractivity contribution in [1.82, 2.24) is 0 Å². The Morgan fingerprint density at radius 1 is 0.346 bits per heavy atom. The minimum atomic E-state index is -1.08. The Kier molecular flexibility index (Phi) is 85.0. The summed E-state index contributed by atoms with van der Waals surface area (Å²) in [5.41, 5.74) is 0. The largest absolute Gasteiger partial charge is 3.00 e. The molecule has 0 aromatic rings. The predicted molar refractivity (Wildman–Crippen MR) is 64.1 cm³/mol. The van der Waals surface area contributed by atoms with E-state index in [1.807, 2.05) is 0 Å². The molecule has 0 heterocycles. The second-order valence-electron chi connectivity index (χ2n) is 2.95. The molecule has 14 heteroatoms. The van der Waals surface area contributed by atoms with Crippen LogP contribution in [0.2, 0.25) is 0 Å². The molecule has 0 aliphatic rings. The summed E-state index contributed by atoms with van der Waals surface area (Å²) in [7, 11) is 0. The molecular formula is C12H18Ce2O12. The van der Waals surface area contributed by atoms with Crippen molar-refractivity contribution < 1.29 is 143 Å². The summed E-state index contributed by atoms with van der Waals surface area (Å²) in [4.78, 5) is 53.3. The van der Waals surface area contributed by atoms with Crippen LogP contribution in [0.15, 0.2) is 0 Å². The van der Waals surface area contributed by atoms with Gasteiger partial charge in [0.15, 0.2) is 0 Å². The first-order chi connectivity index (χ1) is 10.4. The molecule has 0 bridgehead atoms. The first kappa shape index (κ1) is 50.0. The van der Waals surface area contributed by atoms with Crippen molar-refractivity contribution in [3.05, 3.63) is 0 Å². The Bertz CT molecular complexity index is 265. The van der Waals surface area contributed by atoms with Gasteiger partial charge in [0.2, 0.25) is 0 Å². The maximum Gasteiger partial charge on any atom is 3.00 e. The number of carboxylic acids is 6. The number of hydrogen-bond acceptors (Lipinski definition) is 12. The molecule has 0 unspecified atom stereocenters. The third-order valence-corrected chi connectivity index (χ3v) is 0. The predicted octanol–water partition coefficient (Wildman–Crippen LogP) is -7.46. The van der Waals surface area contributed by atoms with Gasteiger partial charge in [-0.25, -0.2) is 0 Å². The van der Waals surface area contributed by atoms with E-state index in [0.29, 0.717) is 0 Å². The number of carboxylic acid groups (broad SMARTS) is 6. The minimum absolute atomic E-state index is 0. The van der Waals surface area contributed by atoms with E-state index in [-0.39, 0.29) is 83.5 Å². The topological polar surface area (TPSA) is 241 Å². The SMILES string of the molecule is CC(=O)[O-].CC(=O)[O-].CC(=O)[O-].CC(=O)[O-].CC(=O)[O-].CC(=O)[O-].[Ce+3].[Ce+3]. The maximum atomic E-state index is 8.89. The number of carbonyl (C=O) groups excluding carboxylic acids is 6. The number of hydrogen-bond donors (Lipinski definition) is 0. The van der Waals surface area contributed by atoms with Gasteiger partial charge in [0.05, 0.1) is 0 Å². The van der Waals surface area contributed by atoms with Gasteiger partial charge in [0, 0.05) is 35.8 Å². The van der Waals surface area contributed by atoms with E-state index in [0.717, 1.165) is 41.5 Å². The molecule has 12 nitrogen and oxygen atoms in total. The number of carbonyl (C=O) groups is 6. The third kappa shape index (κ3) is 66000. The van der Waals surface area contributed by atoms with Crippen LogP contribution in [-0.2, 0) is 28.8 Å². The van der Waals surface area contributed by atoms with Gasteiger partial charge in [-0.15, -0.1) is 0 Å².